The van der Waals surface area contributed by atoms with Crippen LogP contribution in [-0.4, -0.2) is 4.98 Å². The summed E-state index contributed by atoms with van der Waals surface area (Å²) in [5, 5.41) is 1.05. The molecule has 0 amide bonds. The van der Waals surface area contributed by atoms with Crippen LogP contribution < -0.4 is 5.73 Å². The molecular formula is C8H11BrN2S. The molecule has 1 aliphatic carbocycles. The van der Waals surface area contributed by atoms with Gasteiger partial charge in [0.15, 0.2) is 0 Å². The molecule has 12 heavy (non-hydrogen) atoms. The summed E-state index contributed by atoms with van der Waals surface area (Å²) in [6.07, 6.45) is 2.86. The van der Waals surface area contributed by atoms with Crippen molar-refractivity contribution in [2.45, 2.75) is 25.8 Å². The molecule has 66 valence electrons. The summed E-state index contributed by atoms with van der Waals surface area (Å²) >= 11 is 5.03. The van der Waals surface area contributed by atoms with Crippen LogP contribution in [0.3, 0.4) is 0 Å². The van der Waals surface area contributed by atoms with Gasteiger partial charge in [0.05, 0.1) is 15.5 Å². The standard InChI is InChI=1S/C8H11BrN2S/c1-7(2)4-8(7,10)6-11-3-5(9)12-6/h3H,4,10H2,1-2H3. The molecule has 1 aromatic rings. The maximum absolute atomic E-state index is 6.19. The average Bonchev–Trinajstić information content (AvgIpc) is 2.37. The van der Waals surface area contributed by atoms with Gasteiger partial charge in [-0.2, -0.15) is 0 Å². The maximum Gasteiger partial charge on any atom is 0.114 e. The fourth-order valence-corrected chi connectivity index (χ4v) is 2.97. The second-order valence-electron chi connectivity index (χ2n) is 4.00. The van der Waals surface area contributed by atoms with Crippen molar-refractivity contribution in [2.75, 3.05) is 0 Å². The first-order valence-corrected chi connectivity index (χ1v) is 5.47. The van der Waals surface area contributed by atoms with E-state index in [-0.39, 0.29) is 11.0 Å². The number of aromatic nitrogens is 1. The molecule has 0 aliphatic heterocycles. The second-order valence-corrected chi connectivity index (χ2v) is 6.41. The topological polar surface area (TPSA) is 38.9 Å². The van der Waals surface area contributed by atoms with Crippen LogP contribution in [0.15, 0.2) is 9.98 Å². The van der Waals surface area contributed by atoms with Gasteiger partial charge in [-0.1, -0.05) is 13.8 Å². The van der Waals surface area contributed by atoms with Gasteiger partial charge in [-0.25, -0.2) is 4.98 Å². The van der Waals surface area contributed by atoms with Gasteiger partial charge in [-0.3, -0.25) is 0 Å². The minimum absolute atomic E-state index is 0.163. The van der Waals surface area contributed by atoms with Crippen molar-refractivity contribution in [3.8, 4) is 0 Å². The van der Waals surface area contributed by atoms with Crippen molar-refractivity contribution in [2.24, 2.45) is 11.1 Å². The van der Waals surface area contributed by atoms with Gasteiger partial charge in [0, 0.05) is 0 Å². The van der Waals surface area contributed by atoms with E-state index in [0.717, 1.165) is 15.2 Å². The summed E-state index contributed by atoms with van der Waals surface area (Å²) in [5.74, 6) is 0. The summed E-state index contributed by atoms with van der Waals surface area (Å²) < 4.78 is 1.06. The van der Waals surface area contributed by atoms with Gasteiger partial charge in [0.1, 0.15) is 5.01 Å². The Kier molecular flexibility index (Phi) is 1.66. The summed E-state index contributed by atoms with van der Waals surface area (Å²) in [4.78, 5) is 4.29. The molecule has 0 spiro atoms. The summed E-state index contributed by atoms with van der Waals surface area (Å²) in [6.45, 7) is 4.37. The Hall–Kier alpha value is 0.0700. The molecule has 2 N–H and O–H groups in total. The highest BCUT2D eigenvalue weighted by molar-refractivity contribution is 9.11. The van der Waals surface area contributed by atoms with E-state index in [0.29, 0.717) is 0 Å². The molecule has 0 bridgehead atoms. The quantitative estimate of drug-likeness (QED) is 0.828. The first-order chi connectivity index (χ1) is 5.46. The van der Waals surface area contributed by atoms with Crippen molar-refractivity contribution >= 4 is 27.3 Å². The Morgan fingerprint density at radius 1 is 1.67 bits per heavy atom. The van der Waals surface area contributed by atoms with Crippen LogP contribution >= 0.6 is 27.3 Å². The number of hydrogen-bond acceptors (Lipinski definition) is 3. The number of thiazole rings is 1. The molecular weight excluding hydrogens is 236 g/mol. The van der Waals surface area contributed by atoms with E-state index in [9.17, 15) is 0 Å². The van der Waals surface area contributed by atoms with E-state index in [1.165, 1.54) is 0 Å². The van der Waals surface area contributed by atoms with Crippen LogP contribution in [0.2, 0.25) is 0 Å². The van der Waals surface area contributed by atoms with Crippen LogP contribution in [0.25, 0.3) is 0 Å². The summed E-state index contributed by atoms with van der Waals surface area (Å²) in [7, 11) is 0. The Labute approximate surface area is 84.3 Å². The Morgan fingerprint density at radius 2 is 2.25 bits per heavy atom. The molecule has 0 saturated heterocycles. The maximum atomic E-state index is 6.19. The molecule has 2 nitrogen and oxygen atoms in total. The molecule has 1 unspecified atom stereocenters. The third-order valence-corrected chi connectivity index (χ3v) is 4.32. The molecule has 0 aromatic carbocycles. The molecule has 1 atom stereocenters. The lowest BCUT2D eigenvalue weighted by Gasteiger charge is -2.10. The number of rotatable bonds is 1. The first kappa shape index (κ1) is 8.66. The molecule has 1 aliphatic rings. The van der Waals surface area contributed by atoms with Crippen molar-refractivity contribution in [3.05, 3.63) is 15.0 Å². The fourth-order valence-electron chi connectivity index (χ4n) is 1.48. The van der Waals surface area contributed by atoms with E-state index in [1.54, 1.807) is 11.3 Å². The van der Waals surface area contributed by atoms with Crippen LogP contribution in [0.5, 0.6) is 0 Å². The van der Waals surface area contributed by atoms with Gasteiger partial charge in [-0.15, -0.1) is 11.3 Å². The van der Waals surface area contributed by atoms with Crippen LogP contribution in [-0.2, 0) is 5.54 Å². The largest absolute Gasteiger partial charge is 0.319 e. The van der Waals surface area contributed by atoms with Crippen molar-refractivity contribution in [1.29, 1.82) is 0 Å². The predicted molar refractivity (Wildman–Crippen MR) is 54.1 cm³/mol. The Bertz CT molecular complexity index is 321. The molecule has 1 aromatic heterocycles. The third-order valence-electron chi connectivity index (χ3n) is 2.66. The lowest BCUT2D eigenvalue weighted by atomic mass is 10.1. The molecule has 1 fully saturated rings. The van der Waals surface area contributed by atoms with Crippen LogP contribution in [0.4, 0.5) is 0 Å². The van der Waals surface area contributed by atoms with E-state index < -0.39 is 0 Å². The van der Waals surface area contributed by atoms with Gasteiger partial charge < -0.3 is 5.73 Å². The van der Waals surface area contributed by atoms with Crippen molar-refractivity contribution < 1.29 is 0 Å². The Morgan fingerprint density at radius 3 is 2.58 bits per heavy atom. The van der Waals surface area contributed by atoms with E-state index in [4.69, 9.17) is 5.73 Å². The molecule has 0 radical (unpaired) electrons. The molecule has 1 heterocycles. The van der Waals surface area contributed by atoms with Crippen molar-refractivity contribution in [1.82, 2.24) is 4.98 Å². The highest BCUT2D eigenvalue weighted by Crippen LogP contribution is 2.61. The number of halogens is 1. The average molecular weight is 247 g/mol. The lowest BCUT2D eigenvalue weighted by Crippen LogP contribution is -2.25. The number of nitrogens with zero attached hydrogens (tertiary/aromatic N) is 1. The van der Waals surface area contributed by atoms with Crippen LogP contribution in [0, 0.1) is 5.41 Å². The van der Waals surface area contributed by atoms with E-state index in [1.807, 2.05) is 6.20 Å². The minimum atomic E-state index is -0.163. The van der Waals surface area contributed by atoms with Gasteiger partial charge in [-0.05, 0) is 27.8 Å². The zero-order valence-corrected chi connectivity index (χ0v) is 9.50. The molecule has 1 saturated carbocycles. The minimum Gasteiger partial charge on any atom is -0.319 e. The SMILES string of the molecule is CC1(C)CC1(N)c1ncc(Br)s1. The predicted octanol–water partition coefficient (Wildman–Crippen LogP) is 2.49. The highest BCUT2D eigenvalue weighted by Gasteiger charge is 2.61. The summed E-state index contributed by atoms with van der Waals surface area (Å²) in [5.41, 5.74) is 6.25. The van der Waals surface area contributed by atoms with Gasteiger partial charge >= 0.3 is 0 Å². The summed E-state index contributed by atoms with van der Waals surface area (Å²) in [6, 6.07) is 0. The molecule has 4 heteroatoms. The zero-order valence-electron chi connectivity index (χ0n) is 7.10. The number of nitrogens with two attached hydrogens (primary N) is 1. The van der Waals surface area contributed by atoms with E-state index in [2.05, 4.69) is 34.8 Å². The molecule has 2 rings (SSSR count). The monoisotopic (exact) mass is 246 g/mol. The third kappa shape index (κ3) is 1.05. The van der Waals surface area contributed by atoms with Crippen LogP contribution in [0.1, 0.15) is 25.3 Å². The fraction of sp³-hybridized carbons (Fsp3) is 0.625. The van der Waals surface area contributed by atoms with E-state index >= 15 is 0 Å². The zero-order chi connectivity index (χ0) is 8.98. The normalized spacial score (nSPS) is 32.0. The van der Waals surface area contributed by atoms with Gasteiger partial charge in [0.2, 0.25) is 0 Å². The second kappa shape index (κ2) is 2.30. The van der Waals surface area contributed by atoms with Crippen molar-refractivity contribution in [3.63, 3.8) is 0 Å². The highest BCUT2D eigenvalue weighted by atomic mass is 79.9. The Balaban J connectivity index is 2.34. The first-order valence-electron chi connectivity index (χ1n) is 3.86. The number of hydrogen-bond donors (Lipinski definition) is 1. The lowest BCUT2D eigenvalue weighted by molar-refractivity contribution is 0.508. The smallest absolute Gasteiger partial charge is 0.114 e. The van der Waals surface area contributed by atoms with Gasteiger partial charge in [0.25, 0.3) is 0 Å².